The lowest BCUT2D eigenvalue weighted by Crippen LogP contribution is -2.70. The van der Waals surface area contributed by atoms with Crippen LogP contribution in [0.3, 0.4) is 0 Å². The van der Waals surface area contributed by atoms with Crippen LogP contribution in [-0.4, -0.2) is 157 Å². The molecule has 4 saturated carbocycles. The molecule has 5 N–H and O–H groups in total. The van der Waals surface area contributed by atoms with E-state index in [1.165, 1.54) is 4.68 Å². The number of carboxylic acid groups (broad SMARTS) is 1. The summed E-state index contributed by atoms with van der Waals surface area (Å²) in [5.41, 5.74) is 2.34. The molecular weight excluding hydrogens is 891 g/mol. The van der Waals surface area contributed by atoms with E-state index >= 15 is 0 Å². The Morgan fingerprint density at radius 2 is 1.59 bits per heavy atom. The predicted octanol–water partition coefficient (Wildman–Crippen LogP) is 4.65. The van der Waals surface area contributed by atoms with E-state index < -0.39 is 54.7 Å². The summed E-state index contributed by atoms with van der Waals surface area (Å²) in [7, 11) is 6.92. The van der Waals surface area contributed by atoms with Gasteiger partial charge in [-0.05, 0) is 149 Å². The number of aliphatic hydroxyl groups is 3. The molecule has 0 spiro atoms. The second kappa shape index (κ2) is 20.9. The number of aromatic nitrogens is 5. The molecule has 5 atom stereocenters. The highest BCUT2D eigenvalue weighted by molar-refractivity contribution is 5.98. The zero-order chi connectivity index (χ0) is 49.3. The van der Waals surface area contributed by atoms with Crippen molar-refractivity contribution < 1.29 is 53.4 Å². The number of aliphatic hydroxyl groups excluding tert-OH is 3. The minimum Gasteiger partial charge on any atom is -0.496 e. The summed E-state index contributed by atoms with van der Waals surface area (Å²) in [6.45, 7) is 5.54. The third-order valence-corrected chi connectivity index (χ3v) is 15.1. The van der Waals surface area contributed by atoms with Crippen LogP contribution in [0.15, 0.2) is 48.7 Å². The van der Waals surface area contributed by atoms with Crippen LogP contribution in [0.4, 0.5) is 4.39 Å². The van der Waals surface area contributed by atoms with Crippen molar-refractivity contribution in [3.63, 3.8) is 0 Å². The molecule has 2 aromatic heterocycles. The Morgan fingerprint density at radius 3 is 2.22 bits per heavy atom. The van der Waals surface area contributed by atoms with Gasteiger partial charge in [-0.25, -0.2) is 18.5 Å². The van der Waals surface area contributed by atoms with E-state index in [4.69, 9.17) is 19.3 Å². The topological polar surface area (TPSA) is 227 Å². The first-order valence-corrected chi connectivity index (χ1v) is 24.2. The van der Waals surface area contributed by atoms with Crippen LogP contribution in [0.2, 0.25) is 0 Å². The molecule has 3 heterocycles. The number of alkyl halides is 1. The van der Waals surface area contributed by atoms with E-state index in [0.717, 1.165) is 70.0 Å². The first-order valence-electron chi connectivity index (χ1n) is 24.2. The standard InChI is InChI=1S/C50H67FN8O10/c1-28(2)35-24-31(47(64)57(4)18-10-17-56(3)16-8-7-11-34-26-58(55-53-34)48-43(51)45(62)44(61)41(27-60)69-48)14-15-37(35)59-38(42-39(67-5)12-9-13-40(42)68-6)25-36(54-59)46(63)52-50(49(65)66)32-20-29-19-30(22-32)23-33(50)21-29/h9,12-15,24-26,28-30,32-33,41,43-45,48,60-62H,7-8,10-11,16-23,27H2,1-6H3,(H,52,63)(H,65,66)/t29?,30?,32?,33?,41-,43-,44-,45-,48-,50?/m1/s1/i51-1. The number of carbonyl (C=O) groups is 3. The van der Waals surface area contributed by atoms with Gasteiger partial charge in [0.1, 0.15) is 35.3 Å². The normalized spacial score (nSPS) is 27.2. The fraction of sp³-hybridized carbons (Fsp3) is 0.600. The summed E-state index contributed by atoms with van der Waals surface area (Å²) in [6, 6.07) is 12.5. The molecule has 4 aliphatic carbocycles. The van der Waals surface area contributed by atoms with Gasteiger partial charge in [0, 0.05) is 19.2 Å². The molecule has 1 aliphatic heterocycles. The molecule has 2 aromatic carbocycles. The fourth-order valence-corrected chi connectivity index (χ4v) is 11.6. The van der Waals surface area contributed by atoms with Crippen molar-refractivity contribution in [2.24, 2.45) is 23.7 Å². The molecule has 18 nitrogen and oxygen atoms in total. The second-order valence-electron chi connectivity index (χ2n) is 19.9. The molecule has 19 heteroatoms. The van der Waals surface area contributed by atoms with Gasteiger partial charge in [0.05, 0.1) is 49.7 Å². The maximum Gasteiger partial charge on any atom is 0.330 e. The number of carbonyl (C=O) groups excluding carboxylic acids is 2. The minimum absolute atomic E-state index is 0.0574. The highest BCUT2D eigenvalue weighted by Crippen LogP contribution is 2.58. The quantitative estimate of drug-likeness (QED) is 0.0761. The van der Waals surface area contributed by atoms with E-state index in [9.17, 15) is 39.2 Å². The van der Waals surface area contributed by atoms with E-state index in [-0.39, 0.29) is 29.4 Å². The highest BCUT2D eigenvalue weighted by atomic mass is 18.2. The number of aliphatic carboxylic acids is 1. The van der Waals surface area contributed by atoms with Crippen LogP contribution in [0.1, 0.15) is 109 Å². The lowest BCUT2D eigenvalue weighted by atomic mass is 9.48. The van der Waals surface area contributed by atoms with Crippen molar-refractivity contribution in [1.82, 2.24) is 39.9 Å². The summed E-state index contributed by atoms with van der Waals surface area (Å²) in [4.78, 5) is 45.6. The van der Waals surface area contributed by atoms with Gasteiger partial charge >= 0.3 is 5.97 Å². The number of hydrogen-bond donors (Lipinski definition) is 5. The van der Waals surface area contributed by atoms with Crippen molar-refractivity contribution in [3.05, 3.63) is 71.2 Å². The van der Waals surface area contributed by atoms with E-state index in [1.54, 1.807) is 61.3 Å². The van der Waals surface area contributed by atoms with Gasteiger partial charge < -0.3 is 49.8 Å². The van der Waals surface area contributed by atoms with E-state index in [1.807, 2.05) is 39.1 Å². The molecule has 1 saturated heterocycles. The molecule has 5 aliphatic rings. The molecule has 4 bridgehead atoms. The number of unbranched alkanes of at least 4 members (excludes halogenated alkanes) is 1. The van der Waals surface area contributed by atoms with Gasteiger partial charge in [-0.1, -0.05) is 25.1 Å². The average molecular weight is 958 g/mol. The van der Waals surface area contributed by atoms with Crippen molar-refractivity contribution in [1.29, 1.82) is 0 Å². The van der Waals surface area contributed by atoms with Crippen molar-refractivity contribution >= 4 is 17.8 Å². The Balaban J connectivity index is 0.924. The van der Waals surface area contributed by atoms with Crippen molar-refractivity contribution in [2.45, 2.75) is 114 Å². The number of benzene rings is 2. The van der Waals surface area contributed by atoms with Gasteiger partial charge in [0.25, 0.3) is 11.8 Å². The van der Waals surface area contributed by atoms with Crippen LogP contribution in [0, 0.1) is 23.7 Å². The number of methoxy groups -OCH3 is 2. The van der Waals surface area contributed by atoms with Gasteiger partial charge in [-0.15, -0.1) is 5.10 Å². The lowest BCUT2D eigenvalue weighted by Gasteiger charge is -2.59. The molecule has 9 rings (SSSR count). The molecule has 4 aromatic rings. The monoisotopic (exact) mass is 957 g/mol. The molecule has 69 heavy (non-hydrogen) atoms. The summed E-state index contributed by atoms with van der Waals surface area (Å²) in [5.74, 6) is -0.0582. The van der Waals surface area contributed by atoms with Crippen LogP contribution in [0.25, 0.3) is 16.9 Å². The first-order chi connectivity index (χ1) is 33.1. The second-order valence-corrected chi connectivity index (χ2v) is 19.9. The van der Waals surface area contributed by atoms with E-state index in [2.05, 4.69) is 20.5 Å². The molecule has 5 fully saturated rings. The highest BCUT2D eigenvalue weighted by Gasteiger charge is 2.62. The van der Waals surface area contributed by atoms with Crippen LogP contribution in [-0.2, 0) is 16.0 Å². The number of nitrogens with zero attached hydrogens (tertiary/aromatic N) is 7. The van der Waals surface area contributed by atoms with Crippen LogP contribution >= 0.6 is 0 Å². The Bertz CT molecular complexity index is 2430. The summed E-state index contributed by atoms with van der Waals surface area (Å²) >= 11 is 0. The SMILES string of the molecule is COc1cccc(OC)c1-c1cc(C(=O)NC2(C(=O)O)C3CC4CC(C3)CC2C4)nn1-c1ccc(C(=O)N(C)CCCN(C)CCCCc2cn([C@@H]3O[C@H](CO)[C@@H](O)[C@H](O)[C@H]3[18F])nn2)cc1C(C)C. The third-order valence-electron chi connectivity index (χ3n) is 15.1. The van der Waals surface area contributed by atoms with Gasteiger partial charge in [0.15, 0.2) is 18.1 Å². The van der Waals surface area contributed by atoms with Crippen LogP contribution < -0.4 is 14.8 Å². The van der Waals surface area contributed by atoms with Crippen LogP contribution in [0.5, 0.6) is 11.5 Å². The smallest absolute Gasteiger partial charge is 0.330 e. The maximum atomic E-state index is 14.8. The Kier molecular flexibility index (Phi) is 15.1. The number of rotatable bonds is 20. The summed E-state index contributed by atoms with van der Waals surface area (Å²) in [5, 5.41) is 56.4. The zero-order valence-electron chi connectivity index (χ0n) is 40.3. The molecule has 0 unspecified atom stereocenters. The largest absolute Gasteiger partial charge is 0.496 e. The number of halogens is 1. The molecule has 0 radical (unpaired) electrons. The number of amides is 2. The van der Waals surface area contributed by atoms with Crippen molar-refractivity contribution in [3.8, 4) is 28.4 Å². The number of carboxylic acids is 1. The van der Waals surface area contributed by atoms with Gasteiger partial charge in [-0.2, -0.15) is 5.10 Å². The first kappa shape index (κ1) is 49.9. The molecular formula is C50H67FN8O10. The van der Waals surface area contributed by atoms with E-state index in [0.29, 0.717) is 64.5 Å². The summed E-state index contributed by atoms with van der Waals surface area (Å²) < 4.78 is 34.7. The Hall–Kier alpha value is -5.47. The number of aryl methyl sites for hydroxylation is 1. The minimum atomic E-state index is -1.94. The molecule has 2 amide bonds. The number of nitrogens with one attached hydrogen (secondary N) is 1. The predicted molar refractivity (Wildman–Crippen MR) is 251 cm³/mol. The number of hydrogen-bond acceptors (Lipinski definition) is 13. The molecule has 374 valence electrons. The average Bonchev–Trinajstić information content (AvgIpc) is 4.00. The van der Waals surface area contributed by atoms with Gasteiger partial charge in [-0.3, -0.25) is 9.59 Å². The van der Waals surface area contributed by atoms with Gasteiger partial charge in [0.2, 0.25) is 0 Å². The number of ether oxygens (including phenoxy) is 3. The zero-order valence-corrected chi connectivity index (χ0v) is 40.3. The third kappa shape index (κ3) is 9.85. The summed E-state index contributed by atoms with van der Waals surface area (Å²) in [6.07, 6.45) is 1.15. The Labute approximate surface area is 401 Å². The van der Waals surface area contributed by atoms with Crippen molar-refractivity contribution in [2.75, 3.05) is 54.6 Å². The lowest BCUT2D eigenvalue weighted by molar-refractivity contribution is -0.237. The maximum absolute atomic E-state index is 14.8. The Morgan fingerprint density at radius 1 is 0.928 bits per heavy atom. The fourth-order valence-electron chi connectivity index (χ4n) is 11.6.